The molecule has 0 radical (unpaired) electrons. The van der Waals surface area contributed by atoms with Gasteiger partial charge in [-0.3, -0.25) is 14.4 Å². The highest BCUT2D eigenvalue weighted by Crippen LogP contribution is 2.63. The van der Waals surface area contributed by atoms with Crippen molar-refractivity contribution in [3.63, 3.8) is 0 Å². The maximum absolute atomic E-state index is 11.1. The molecule has 2 aliphatic rings. The van der Waals surface area contributed by atoms with Gasteiger partial charge in [-0.1, -0.05) is 0 Å². The number of ether oxygens (including phenoxy) is 1. The molecule has 1 heterocycles. The first-order chi connectivity index (χ1) is 6.02. The first kappa shape index (κ1) is 8.22. The second kappa shape index (κ2) is 2.10. The van der Waals surface area contributed by atoms with E-state index >= 15 is 0 Å². The van der Waals surface area contributed by atoms with Crippen molar-refractivity contribution in [2.45, 2.75) is 6.92 Å². The van der Waals surface area contributed by atoms with Gasteiger partial charge in [0.15, 0.2) is 0 Å². The average Bonchev–Trinajstić information content (AvgIpc) is 2.58. The van der Waals surface area contributed by atoms with Crippen molar-refractivity contribution >= 4 is 17.7 Å². The third-order valence-corrected chi connectivity index (χ3v) is 2.96. The summed E-state index contributed by atoms with van der Waals surface area (Å²) in [6.45, 7) is 1.27. The molecule has 3 unspecified atom stereocenters. The van der Waals surface area contributed by atoms with Gasteiger partial charge in [0.2, 0.25) is 0 Å². The number of carbonyl (C=O) groups is 3. The first-order valence-electron chi connectivity index (χ1n) is 3.94. The average molecular weight is 184 g/mol. The van der Waals surface area contributed by atoms with Crippen molar-refractivity contribution in [3.05, 3.63) is 0 Å². The van der Waals surface area contributed by atoms with Gasteiger partial charge in [-0.05, 0) is 6.92 Å². The zero-order valence-electron chi connectivity index (χ0n) is 6.94. The third kappa shape index (κ3) is 0.696. The highest BCUT2D eigenvalue weighted by atomic mass is 16.5. The number of carboxylic acid groups (broad SMARTS) is 1. The zero-order valence-corrected chi connectivity index (χ0v) is 6.94. The lowest BCUT2D eigenvalue weighted by Crippen LogP contribution is -2.32. The van der Waals surface area contributed by atoms with E-state index in [1.54, 1.807) is 0 Å². The molecule has 2 fully saturated rings. The van der Waals surface area contributed by atoms with E-state index in [2.05, 4.69) is 4.74 Å². The van der Waals surface area contributed by atoms with Gasteiger partial charge in [-0.25, -0.2) is 0 Å². The van der Waals surface area contributed by atoms with Gasteiger partial charge >= 0.3 is 11.9 Å². The molecule has 1 aliphatic heterocycles. The lowest BCUT2D eigenvalue weighted by molar-refractivity contribution is -0.157. The smallest absolute Gasteiger partial charge is 0.318 e. The van der Waals surface area contributed by atoms with Crippen molar-refractivity contribution in [2.24, 2.45) is 17.3 Å². The second-order valence-corrected chi connectivity index (χ2v) is 3.44. The van der Waals surface area contributed by atoms with E-state index in [4.69, 9.17) is 5.11 Å². The fourth-order valence-electron chi connectivity index (χ4n) is 2.22. The molecule has 13 heavy (non-hydrogen) atoms. The molecule has 1 saturated carbocycles. The van der Waals surface area contributed by atoms with Crippen LogP contribution in [0, 0.1) is 17.3 Å². The Morgan fingerprint density at radius 3 is 2.46 bits per heavy atom. The summed E-state index contributed by atoms with van der Waals surface area (Å²) in [5, 5.41) is 8.87. The number of carboxylic acids is 1. The van der Waals surface area contributed by atoms with E-state index in [-0.39, 0.29) is 6.61 Å². The van der Waals surface area contributed by atoms with Crippen LogP contribution in [0.2, 0.25) is 0 Å². The minimum Gasteiger partial charge on any atom is -0.480 e. The monoisotopic (exact) mass is 184 g/mol. The van der Waals surface area contributed by atoms with Gasteiger partial charge in [-0.15, -0.1) is 0 Å². The van der Waals surface area contributed by atoms with Gasteiger partial charge < -0.3 is 9.84 Å². The summed E-state index contributed by atoms with van der Waals surface area (Å²) in [6, 6.07) is 0. The molecular weight excluding hydrogens is 176 g/mol. The zero-order chi connectivity index (χ0) is 9.80. The fraction of sp³-hybridized carbons (Fsp3) is 0.625. The number of hydrogen-bond donors (Lipinski definition) is 1. The predicted octanol–water partition coefficient (Wildman–Crippen LogP) is -0.551. The maximum atomic E-state index is 11.1. The van der Waals surface area contributed by atoms with Crippen LogP contribution in [0.15, 0.2) is 0 Å². The molecule has 1 N–H and O–H groups in total. The van der Waals surface area contributed by atoms with Gasteiger partial charge in [0, 0.05) is 5.92 Å². The van der Waals surface area contributed by atoms with Crippen molar-refractivity contribution in [1.82, 2.24) is 0 Å². The Morgan fingerprint density at radius 2 is 2.23 bits per heavy atom. The van der Waals surface area contributed by atoms with Crippen LogP contribution in [0.4, 0.5) is 0 Å². The van der Waals surface area contributed by atoms with E-state index in [9.17, 15) is 14.4 Å². The Bertz CT molecular complexity index is 304. The summed E-state index contributed by atoms with van der Waals surface area (Å²) < 4.78 is 4.62. The number of esters is 1. The molecule has 2 rings (SSSR count). The first-order valence-corrected chi connectivity index (χ1v) is 3.94. The summed E-state index contributed by atoms with van der Waals surface area (Å²) in [6.07, 6.45) is 0. The molecule has 0 aromatic carbocycles. The summed E-state index contributed by atoms with van der Waals surface area (Å²) in [5.74, 6) is -3.38. The fourth-order valence-corrected chi connectivity index (χ4v) is 2.22. The second-order valence-electron chi connectivity index (χ2n) is 3.44. The van der Waals surface area contributed by atoms with Gasteiger partial charge in [0.25, 0.3) is 0 Å². The number of cyclic esters (lactones) is 1. The number of ketones is 1. The van der Waals surface area contributed by atoms with Crippen LogP contribution >= 0.6 is 0 Å². The normalized spacial score (nSPS) is 40.8. The number of Topliss-reactive ketones (excluding diaryl/α,β-unsaturated/α-hetero) is 1. The summed E-state index contributed by atoms with van der Waals surface area (Å²) in [4.78, 5) is 33.0. The minimum absolute atomic E-state index is 0.0649. The number of aliphatic carboxylic acids is 1. The number of fused-ring (bicyclic) bond motifs is 1. The molecule has 5 heteroatoms. The van der Waals surface area contributed by atoms with Gasteiger partial charge in [-0.2, -0.15) is 0 Å². The van der Waals surface area contributed by atoms with Crippen LogP contribution in [0.3, 0.4) is 0 Å². The van der Waals surface area contributed by atoms with E-state index in [1.165, 1.54) is 6.92 Å². The van der Waals surface area contributed by atoms with Crippen molar-refractivity contribution in [1.29, 1.82) is 0 Å². The molecule has 0 aromatic heterocycles. The molecule has 1 aliphatic carbocycles. The molecule has 0 amide bonds. The molecule has 3 atom stereocenters. The van der Waals surface area contributed by atoms with Crippen LogP contribution in [-0.2, 0) is 19.1 Å². The van der Waals surface area contributed by atoms with Crippen LogP contribution in [0.5, 0.6) is 0 Å². The van der Waals surface area contributed by atoms with E-state index in [1.807, 2.05) is 0 Å². The van der Waals surface area contributed by atoms with Crippen molar-refractivity contribution in [3.8, 4) is 0 Å². The SMILES string of the molecule is CC(=O)C1(C(=O)O)C2COC(=O)C21. The Morgan fingerprint density at radius 1 is 1.62 bits per heavy atom. The summed E-state index contributed by atoms with van der Waals surface area (Å²) in [5.41, 5.74) is -1.46. The standard InChI is InChI=1S/C8H8O5/c1-3(9)8(7(11)12)4-2-13-6(10)5(4)8/h4-5H,2H2,1H3,(H,11,12). The van der Waals surface area contributed by atoms with Crippen LogP contribution in [0.25, 0.3) is 0 Å². The highest BCUT2D eigenvalue weighted by Gasteiger charge is 2.80. The summed E-state index contributed by atoms with van der Waals surface area (Å²) >= 11 is 0. The van der Waals surface area contributed by atoms with Gasteiger partial charge in [0.1, 0.15) is 11.2 Å². The summed E-state index contributed by atoms with van der Waals surface area (Å²) in [7, 11) is 0. The number of rotatable bonds is 2. The minimum atomic E-state index is -1.46. The van der Waals surface area contributed by atoms with E-state index < -0.39 is 35.0 Å². The van der Waals surface area contributed by atoms with Crippen LogP contribution in [0.1, 0.15) is 6.92 Å². The quantitative estimate of drug-likeness (QED) is 0.460. The molecule has 0 spiro atoms. The molecule has 5 nitrogen and oxygen atoms in total. The van der Waals surface area contributed by atoms with E-state index in [0.29, 0.717) is 0 Å². The Labute approximate surface area is 73.7 Å². The third-order valence-electron chi connectivity index (χ3n) is 2.96. The Hall–Kier alpha value is -1.39. The lowest BCUT2D eigenvalue weighted by Gasteiger charge is -2.11. The van der Waals surface area contributed by atoms with E-state index in [0.717, 1.165) is 0 Å². The van der Waals surface area contributed by atoms with Crippen molar-refractivity contribution in [2.75, 3.05) is 6.61 Å². The van der Waals surface area contributed by atoms with Crippen molar-refractivity contribution < 1.29 is 24.2 Å². The highest BCUT2D eigenvalue weighted by molar-refractivity contribution is 6.12. The topological polar surface area (TPSA) is 80.7 Å². The maximum Gasteiger partial charge on any atom is 0.318 e. The predicted molar refractivity (Wildman–Crippen MR) is 38.7 cm³/mol. The largest absolute Gasteiger partial charge is 0.480 e. The molecule has 0 bridgehead atoms. The lowest BCUT2D eigenvalue weighted by atomic mass is 9.96. The molecule has 1 saturated heterocycles. The van der Waals surface area contributed by atoms with Crippen LogP contribution < -0.4 is 0 Å². The molecular formula is C8H8O5. The Balaban J connectivity index is 2.37. The van der Waals surface area contributed by atoms with Gasteiger partial charge in [0.05, 0.1) is 12.5 Å². The molecule has 70 valence electrons. The Kier molecular flexibility index (Phi) is 1.33. The number of hydrogen-bond acceptors (Lipinski definition) is 4. The number of carbonyl (C=O) groups excluding carboxylic acids is 2. The molecule has 0 aromatic rings. The van der Waals surface area contributed by atoms with Crippen LogP contribution in [-0.4, -0.2) is 29.4 Å².